The minimum atomic E-state index is 0.618. The second kappa shape index (κ2) is 7.01. The lowest BCUT2D eigenvalue weighted by Gasteiger charge is -2.15. The largest absolute Gasteiger partial charge is 0.493 e. The Labute approximate surface area is 103 Å². The van der Waals surface area contributed by atoms with E-state index in [1.54, 1.807) is 14.2 Å². The van der Waals surface area contributed by atoms with Crippen molar-refractivity contribution in [3.05, 3.63) is 17.7 Å². The van der Waals surface area contributed by atoms with E-state index in [9.17, 15) is 0 Å². The average Bonchev–Trinajstić information content (AvgIpc) is 2.35. The summed E-state index contributed by atoms with van der Waals surface area (Å²) < 4.78 is 16.3. The Hall–Kier alpha value is -1.42. The molecule has 4 heteroatoms. The number of hydrogen-bond donors (Lipinski definition) is 1. The predicted octanol–water partition coefficient (Wildman–Crippen LogP) is 2.13. The molecule has 0 saturated carbocycles. The summed E-state index contributed by atoms with van der Waals surface area (Å²) in [7, 11) is 3.25. The number of hydrogen-bond acceptors (Lipinski definition) is 4. The Morgan fingerprint density at radius 1 is 1.06 bits per heavy atom. The van der Waals surface area contributed by atoms with E-state index in [1.165, 1.54) is 0 Å². The van der Waals surface area contributed by atoms with E-state index < -0.39 is 0 Å². The molecule has 96 valence electrons. The summed E-state index contributed by atoms with van der Waals surface area (Å²) in [5, 5.41) is 0. The molecule has 0 bridgehead atoms. The molecule has 0 atom stereocenters. The zero-order valence-electron chi connectivity index (χ0n) is 10.8. The maximum atomic E-state index is 5.70. The fraction of sp³-hybridized carbons (Fsp3) is 0.538. The molecule has 1 aromatic rings. The first-order chi connectivity index (χ1) is 8.22. The third-order valence-corrected chi connectivity index (χ3v) is 2.45. The highest BCUT2D eigenvalue weighted by Gasteiger charge is 2.12. The molecule has 0 amide bonds. The molecular formula is C13H21NO3. The van der Waals surface area contributed by atoms with Crippen molar-refractivity contribution in [1.82, 2.24) is 0 Å². The van der Waals surface area contributed by atoms with Crippen molar-refractivity contribution in [2.24, 2.45) is 5.73 Å². The topological polar surface area (TPSA) is 53.7 Å². The van der Waals surface area contributed by atoms with E-state index in [2.05, 4.69) is 0 Å². The Morgan fingerprint density at radius 3 is 2.12 bits per heavy atom. The number of nitrogens with two attached hydrogens (primary N) is 1. The molecule has 0 spiro atoms. The number of aryl methyl sites for hydroxylation is 1. The zero-order chi connectivity index (χ0) is 12.7. The lowest BCUT2D eigenvalue weighted by atomic mass is 10.2. The Morgan fingerprint density at radius 2 is 1.65 bits per heavy atom. The smallest absolute Gasteiger partial charge is 0.203 e. The molecule has 0 fully saturated rings. The molecule has 1 aromatic carbocycles. The number of unbranched alkanes of at least 4 members (excludes halogenated alkanes) is 1. The van der Waals surface area contributed by atoms with Crippen molar-refractivity contribution in [1.29, 1.82) is 0 Å². The molecular weight excluding hydrogens is 218 g/mol. The first kappa shape index (κ1) is 13.6. The lowest BCUT2D eigenvalue weighted by Crippen LogP contribution is -2.05. The van der Waals surface area contributed by atoms with Gasteiger partial charge in [-0.3, -0.25) is 0 Å². The van der Waals surface area contributed by atoms with Gasteiger partial charge in [-0.25, -0.2) is 0 Å². The first-order valence-electron chi connectivity index (χ1n) is 5.78. The zero-order valence-corrected chi connectivity index (χ0v) is 10.8. The van der Waals surface area contributed by atoms with Crippen LogP contribution in [0.15, 0.2) is 12.1 Å². The summed E-state index contributed by atoms with van der Waals surface area (Å²) in [6, 6.07) is 3.86. The van der Waals surface area contributed by atoms with Crippen molar-refractivity contribution < 1.29 is 14.2 Å². The molecule has 0 aliphatic heterocycles. The summed E-state index contributed by atoms with van der Waals surface area (Å²) in [5.74, 6) is 2.07. The van der Waals surface area contributed by atoms with Gasteiger partial charge in [-0.1, -0.05) is 0 Å². The Bertz CT molecular complexity index is 328. The van der Waals surface area contributed by atoms with Crippen molar-refractivity contribution >= 4 is 0 Å². The maximum absolute atomic E-state index is 5.70. The third kappa shape index (κ3) is 3.82. The molecule has 1 rings (SSSR count). The fourth-order valence-electron chi connectivity index (χ4n) is 1.57. The molecule has 4 nitrogen and oxygen atoms in total. The standard InChI is InChI=1S/C13H21NO3/c1-10-8-11(15-2)13(12(9-10)16-3)17-7-5-4-6-14/h8-9H,4-7,14H2,1-3H3. The van der Waals surface area contributed by atoms with Gasteiger partial charge in [0.1, 0.15) is 0 Å². The van der Waals surface area contributed by atoms with Crippen LogP contribution in [-0.2, 0) is 0 Å². The van der Waals surface area contributed by atoms with Gasteiger partial charge in [-0.05, 0) is 44.0 Å². The quantitative estimate of drug-likeness (QED) is 0.741. The summed E-state index contributed by atoms with van der Waals surface area (Å²) in [4.78, 5) is 0. The van der Waals surface area contributed by atoms with E-state index in [4.69, 9.17) is 19.9 Å². The van der Waals surface area contributed by atoms with Crippen LogP contribution >= 0.6 is 0 Å². The highest BCUT2D eigenvalue weighted by atomic mass is 16.5. The van der Waals surface area contributed by atoms with E-state index in [0.717, 1.165) is 18.4 Å². The summed E-state index contributed by atoms with van der Waals surface area (Å²) in [6.07, 6.45) is 1.88. The molecule has 0 unspecified atom stereocenters. The number of benzene rings is 1. The molecule has 17 heavy (non-hydrogen) atoms. The van der Waals surface area contributed by atoms with Crippen molar-refractivity contribution in [3.63, 3.8) is 0 Å². The van der Waals surface area contributed by atoms with Gasteiger partial charge in [0.05, 0.1) is 20.8 Å². The molecule has 0 aliphatic carbocycles. The van der Waals surface area contributed by atoms with E-state index >= 15 is 0 Å². The Kier molecular flexibility index (Phi) is 5.63. The van der Waals surface area contributed by atoms with Gasteiger partial charge in [0.15, 0.2) is 11.5 Å². The molecule has 2 N–H and O–H groups in total. The third-order valence-electron chi connectivity index (χ3n) is 2.45. The van der Waals surface area contributed by atoms with Crippen LogP contribution in [0.1, 0.15) is 18.4 Å². The van der Waals surface area contributed by atoms with Crippen LogP contribution in [0, 0.1) is 6.92 Å². The minimum Gasteiger partial charge on any atom is -0.493 e. The van der Waals surface area contributed by atoms with Gasteiger partial charge in [-0.2, -0.15) is 0 Å². The van der Waals surface area contributed by atoms with Crippen LogP contribution in [0.4, 0.5) is 0 Å². The second-order valence-electron chi connectivity index (χ2n) is 3.84. The van der Waals surface area contributed by atoms with E-state index in [-0.39, 0.29) is 0 Å². The van der Waals surface area contributed by atoms with Crippen molar-refractivity contribution in [3.8, 4) is 17.2 Å². The first-order valence-corrected chi connectivity index (χ1v) is 5.78. The molecule has 0 aliphatic rings. The molecule has 0 radical (unpaired) electrons. The second-order valence-corrected chi connectivity index (χ2v) is 3.84. The lowest BCUT2D eigenvalue weighted by molar-refractivity contribution is 0.269. The summed E-state index contributed by atoms with van der Waals surface area (Å²) in [6.45, 7) is 3.29. The average molecular weight is 239 g/mol. The van der Waals surface area contributed by atoms with Gasteiger partial charge < -0.3 is 19.9 Å². The normalized spacial score (nSPS) is 10.1. The van der Waals surface area contributed by atoms with Gasteiger partial charge >= 0.3 is 0 Å². The van der Waals surface area contributed by atoms with Crippen LogP contribution in [-0.4, -0.2) is 27.4 Å². The van der Waals surface area contributed by atoms with Crippen LogP contribution in [0.2, 0.25) is 0 Å². The minimum absolute atomic E-state index is 0.618. The van der Waals surface area contributed by atoms with Crippen LogP contribution in [0.5, 0.6) is 17.2 Å². The summed E-state index contributed by atoms with van der Waals surface area (Å²) >= 11 is 0. The van der Waals surface area contributed by atoms with Crippen LogP contribution in [0.3, 0.4) is 0 Å². The monoisotopic (exact) mass is 239 g/mol. The predicted molar refractivity (Wildman–Crippen MR) is 68.1 cm³/mol. The van der Waals surface area contributed by atoms with Gasteiger partial charge in [-0.15, -0.1) is 0 Å². The van der Waals surface area contributed by atoms with Crippen molar-refractivity contribution in [2.75, 3.05) is 27.4 Å². The van der Waals surface area contributed by atoms with Crippen LogP contribution in [0.25, 0.3) is 0 Å². The van der Waals surface area contributed by atoms with Gasteiger partial charge in [0.25, 0.3) is 0 Å². The number of ether oxygens (including phenoxy) is 3. The fourth-order valence-corrected chi connectivity index (χ4v) is 1.57. The van der Waals surface area contributed by atoms with Crippen molar-refractivity contribution in [2.45, 2.75) is 19.8 Å². The SMILES string of the molecule is COc1cc(C)cc(OC)c1OCCCCN. The molecule has 0 saturated heterocycles. The van der Waals surface area contributed by atoms with Gasteiger partial charge in [0, 0.05) is 0 Å². The molecule has 0 aromatic heterocycles. The van der Waals surface area contributed by atoms with E-state index in [1.807, 2.05) is 19.1 Å². The highest BCUT2D eigenvalue weighted by Crippen LogP contribution is 2.38. The number of rotatable bonds is 7. The van der Waals surface area contributed by atoms with Gasteiger partial charge in [0.2, 0.25) is 5.75 Å². The molecule has 0 heterocycles. The maximum Gasteiger partial charge on any atom is 0.203 e. The van der Waals surface area contributed by atoms with Crippen LogP contribution < -0.4 is 19.9 Å². The summed E-state index contributed by atoms with van der Waals surface area (Å²) in [5.41, 5.74) is 6.51. The Balaban J connectivity index is 2.79. The number of methoxy groups -OCH3 is 2. The van der Waals surface area contributed by atoms with E-state index in [0.29, 0.717) is 30.4 Å². The highest BCUT2D eigenvalue weighted by molar-refractivity contribution is 5.53.